The molecule has 0 radical (unpaired) electrons. The SMILES string of the molecule is Cc1nc2n(n1)C[C@@H](NCCC(=O)N1CCOCC1)CC2. The van der Waals surface area contributed by atoms with Crippen molar-refractivity contribution in [1.82, 2.24) is 25.0 Å². The van der Waals surface area contributed by atoms with Crippen LogP contribution in [0.2, 0.25) is 0 Å². The lowest BCUT2D eigenvalue weighted by Crippen LogP contribution is -2.43. The second-order valence-corrected chi connectivity index (χ2v) is 5.69. The Morgan fingerprint density at radius 1 is 1.43 bits per heavy atom. The van der Waals surface area contributed by atoms with Gasteiger partial charge < -0.3 is 15.0 Å². The lowest BCUT2D eigenvalue weighted by atomic mass is 10.1. The van der Waals surface area contributed by atoms with Crippen LogP contribution in [-0.2, 0) is 22.5 Å². The van der Waals surface area contributed by atoms with Crippen LogP contribution in [0.4, 0.5) is 0 Å². The molecule has 0 aliphatic carbocycles. The predicted molar refractivity (Wildman–Crippen MR) is 76.9 cm³/mol. The van der Waals surface area contributed by atoms with E-state index in [0.717, 1.165) is 50.7 Å². The summed E-state index contributed by atoms with van der Waals surface area (Å²) >= 11 is 0. The molecule has 2 aliphatic rings. The first kappa shape index (κ1) is 14.5. The third kappa shape index (κ3) is 3.59. The van der Waals surface area contributed by atoms with E-state index in [2.05, 4.69) is 15.4 Å². The summed E-state index contributed by atoms with van der Waals surface area (Å²) in [4.78, 5) is 18.3. The van der Waals surface area contributed by atoms with Crippen LogP contribution < -0.4 is 5.32 Å². The molecule has 0 spiro atoms. The molecule has 1 atom stereocenters. The van der Waals surface area contributed by atoms with Crippen molar-refractivity contribution in [2.24, 2.45) is 0 Å². The van der Waals surface area contributed by atoms with E-state index in [-0.39, 0.29) is 5.91 Å². The molecule has 1 N–H and O–H groups in total. The smallest absolute Gasteiger partial charge is 0.224 e. The molecule has 0 bridgehead atoms. The summed E-state index contributed by atoms with van der Waals surface area (Å²) in [6.07, 6.45) is 2.57. The summed E-state index contributed by atoms with van der Waals surface area (Å²) in [5.41, 5.74) is 0. The maximum absolute atomic E-state index is 12.0. The highest BCUT2D eigenvalue weighted by Crippen LogP contribution is 2.12. The van der Waals surface area contributed by atoms with Crippen molar-refractivity contribution in [3.63, 3.8) is 0 Å². The average Bonchev–Trinajstić information content (AvgIpc) is 2.87. The fraction of sp³-hybridized carbons (Fsp3) is 0.786. The molecule has 116 valence electrons. The summed E-state index contributed by atoms with van der Waals surface area (Å²) < 4.78 is 7.25. The number of nitrogens with one attached hydrogen (secondary N) is 1. The number of hydrogen-bond acceptors (Lipinski definition) is 5. The summed E-state index contributed by atoms with van der Waals surface area (Å²) in [7, 11) is 0. The predicted octanol–water partition coefficient (Wildman–Crippen LogP) is -0.260. The number of rotatable bonds is 4. The number of morpholine rings is 1. The topological polar surface area (TPSA) is 72.3 Å². The molecule has 0 unspecified atom stereocenters. The Morgan fingerprint density at radius 2 is 2.24 bits per heavy atom. The number of nitrogens with zero attached hydrogens (tertiary/aromatic N) is 4. The van der Waals surface area contributed by atoms with Crippen LogP contribution in [0.1, 0.15) is 24.5 Å². The molecule has 3 heterocycles. The first-order valence-electron chi connectivity index (χ1n) is 7.71. The molecule has 7 nitrogen and oxygen atoms in total. The van der Waals surface area contributed by atoms with Gasteiger partial charge in [-0.05, 0) is 13.3 Å². The molecule has 1 amide bonds. The third-order valence-corrected chi connectivity index (χ3v) is 4.10. The van der Waals surface area contributed by atoms with E-state index in [4.69, 9.17) is 4.74 Å². The van der Waals surface area contributed by atoms with Gasteiger partial charge in [-0.1, -0.05) is 0 Å². The molecule has 1 aromatic rings. The Labute approximate surface area is 124 Å². The number of carbonyl (C=O) groups excluding carboxylic acids is 1. The molecule has 0 aromatic carbocycles. The van der Waals surface area contributed by atoms with Gasteiger partial charge in [-0.25, -0.2) is 9.67 Å². The Hall–Kier alpha value is -1.47. The normalized spacial score (nSPS) is 22.1. The number of amides is 1. The summed E-state index contributed by atoms with van der Waals surface area (Å²) in [5, 5.41) is 7.87. The largest absolute Gasteiger partial charge is 0.378 e. The lowest BCUT2D eigenvalue weighted by molar-refractivity contribution is -0.135. The van der Waals surface area contributed by atoms with Crippen LogP contribution in [0.15, 0.2) is 0 Å². The second-order valence-electron chi connectivity index (χ2n) is 5.69. The fourth-order valence-corrected chi connectivity index (χ4v) is 2.95. The van der Waals surface area contributed by atoms with Gasteiger partial charge in [-0.2, -0.15) is 5.10 Å². The highest BCUT2D eigenvalue weighted by molar-refractivity contribution is 5.76. The number of aryl methyl sites for hydroxylation is 2. The number of ether oxygens (including phenoxy) is 1. The Balaban J connectivity index is 1.41. The molecule has 0 saturated carbocycles. The molecule has 1 fully saturated rings. The summed E-state index contributed by atoms with van der Waals surface area (Å²) in [6, 6.07) is 0.385. The number of aromatic nitrogens is 3. The zero-order valence-corrected chi connectivity index (χ0v) is 12.5. The minimum absolute atomic E-state index is 0.221. The monoisotopic (exact) mass is 293 g/mol. The maximum atomic E-state index is 12.0. The van der Waals surface area contributed by atoms with E-state index in [1.54, 1.807) is 0 Å². The quantitative estimate of drug-likeness (QED) is 0.828. The van der Waals surface area contributed by atoms with Crippen molar-refractivity contribution in [3.8, 4) is 0 Å². The molecule has 1 aromatic heterocycles. The lowest BCUT2D eigenvalue weighted by Gasteiger charge is -2.28. The zero-order chi connectivity index (χ0) is 14.7. The van der Waals surface area contributed by atoms with E-state index in [0.29, 0.717) is 25.7 Å². The van der Waals surface area contributed by atoms with Gasteiger partial charge in [0.2, 0.25) is 5.91 Å². The first-order valence-corrected chi connectivity index (χ1v) is 7.71. The van der Waals surface area contributed by atoms with Gasteiger partial charge >= 0.3 is 0 Å². The Morgan fingerprint density at radius 3 is 3.05 bits per heavy atom. The van der Waals surface area contributed by atoms with Crippen molar-refractivity contribution in [1.29, 1.82) is 0 Å². The van der Waals surface area contributed by atoms with Gasteiger partial charge in [0.05, 0.1) is 19.8 Å². The number of hydrogen-bond donors (Lipinski definition) is 1. The second kappa shape index (κ2) is 6.53. The van der Waals surface area contributed by atoms with Crippen LogP contribution in [0.3, 0.4) is 0 Å². The standard InChI is InChI=1S/C14H23N5O2/c1-11-16-13-3-2-12(10-19(13)17-11)15-5-4-14(20)18-6-8-21-9-7-18/h12,15H,2-10H2,1H3/t12-/m0/s1. The molecule has 2 aliphatic heterocycles. The van der Waals surface area contributed by atoms with Crippen molar-refractivity contribution < 1.29 is 9.53 Å². The van der Waals surface area contributed by atoms with Crippen LogP contribution in [-0.4, -0.2) is 64.5 Å². The maximum Gasteiger partial charge on any atom is 0.224 e. The zero-order valence-electron chi connectivity index (χ0n) is 12.5. The highest BCUT2D eigenvalue weighted by Gasteiger charge is 2.21. The minimum Gasteiger partial charge on any atom is -0.378 e. The van der Waals surface area contributed by atoms with E-state index < -0.39 is 0 Å². The van der Waals surface area contributed by atoms with E-state index in [1.807, 2.05) is 16.5 Å². The number of carbonyl (C=O) groups is 1. The Kier molecular flexibility index (Phi) is 4.50. The number of fused-ring (bicyclic) bond motifs is 1. The van der Waals surface area contributed by atoms with Crippen molar-refractivity contribution in [3.05, 3.63) is 11.6 Å². The summed E-state index contributed by atoms with van der Waals surface area (Å²) in [5.74, 6) is 2.14. The Bertz CT molecular complexity index is 496. The van der Waals surface area contributed by atoms with Crippen LogP contribution in [0, 0.1) is 6.92 Å². The van der Waals surface area contributed by atoms with Gasteiger partial charge in [-0.15, -0.1) is 0 Å². The van der Waals surface area contributed by atoms with Gasteiger partial charge in [0.15, 0.2) is 0 Å². The van der Waals surface area contributed by atoms with E-state index in [9.17, 15) is 4.79 Å². The molecule has 7 heteroatoms. The van der Waals surface area contributed by atoms with E-state index >= 15 is 0 Å². The average molecular weight is 293 g/mol. The summed E-state index contributed by atoms with van der Waals surface area (Å²) in [6.45, 7) is 6.28. The highest BCUT2D eigenvalue weighted by atomic mass is 16.5. The van der Waals surface area contributed by atoms with Crippen molar-refractivity contribution in [2.45, 2.75) is 38.8 Å². The van der Waals surface area contributed by atoms with Crippen LogP contribution in [0.25, 0.3) is 0 Å². The fourth-order valence-electron chi connectivity index (χ4n) is 2.95. The van der Waals surface area contributed by atoms with Crippen LogP contribution >= 0.6 is 0 Å². The van der Waals surface area contributed by atoms with E-state index in [1.165, 1.54) is 0 Å². The molecule has 1 saturated heterocycles. The van der Waals surface area contributed by atoms with Crippen molar-refractivity contribution >= 4 is 5.91 Å². The van der Waals surface area contributed by atoms with Crippen molar-refractivity contribution in [2.75, 3.05) is 32.8 Å². The van der Waals surface area contributed by atoms with Gasteiger partial charge in [0.1, 0.15) is 11.6 Å². The van der Waals surface area contributed by atoms with Gasteiger partial charge in [0.25, 0.3) is 0 Å². The minimum atomic E-state index is 0.221. The van der Waals surface area contributed by atoms with Crippen LogP contribution in [0.5, 0.6) is 0 Å². The van der Waals surface area contributed by atoms with Gasteiger partial charge in [-0.3, -0.25) is 4.79 Å². The molecule has 3 rings (SSSR count). The first-order chi connectivity index (χ1) is 10.2. The van der Waals surface area contributed by atoms with Gasteiger partial charge in [0, 0.05) is 38.5 Å². The molecular formula is C14H23N5O2. The third-order valence-electron chi connectivity index (χ3n) is 4.10. The molecular weight excluding hydrogens is 270 g/mol. The molecule has 21 heavy (non-hydrogen) atoms.